The van der Waals surface area contributed by atoms with Crippen molar-refractivity contribution in [3.05, 3.63) is 10.1 Å². The Morgan fingerprint density at radius 2 is 2.00 bits per heavy atom. The van der Waals surface area contributed by atoms with Gasteiger partial charge in [0.2, 0.25) is 5.54 Å². The van der Waals surface area contributed by atoms with Crippen molar-refractivity contribution < 1.29 is 14.5 Å². The number of nitrogens with zero attached hydrogens (tertiary/aromatic N) is 3. The van der Waals surface area contributed by atoms with Gasteiger partial charge in [0.25, 0.3) is 0 Å². The predicted octanol–water partition coefficient (Wildman–Crippen LogP) is 2.34. The van der Waals surface area contributed by atoms with Crippen LogP contribution in [-0.4, -0.2) is 40.1 Å². The van der Waals surface area contributed by atoms with Gasteiger partial charge in [-0.25, -0.2) is 4.79 Å². The number of hydrogen-bond donors (Lipinski definition) is 0. The molecule has 0 bridgehead atoms. The fourth-order valence-electron chi connectivity index (χ4n) is 2.24. The van der Waals surface area contributed by atoms with E-state index in [1.54, 1.807) is 20.8 Å². The molecule has 0 N–H and O–H groups in total. The quantitative estimate of drug-likeness (QED) is 0.585. The number of carbonyl (C=O) groups excluding carboxylic acids is 1. The molecule has 7 heteroatoms. The fraction of sp³-hybridized carbons (Fsp3) is 0.846. The van der Waals surface area contributed by atoms with Gasteiger partial charge in [-0.1, -0.05) is 0 Å². The topological polar surface area (TPSA) is 96.5 Å². The number of nitriles is 1. The number of carbonyl (C=O) groups is 1. The van der Waals surface area contributed by atoms with Crippen molar-refractivity contribution in [2.45, 2.75) is 57.6 Å². The summed E-state index contributed by atoms with van der Waals surface area (Å²) in [6, 6.07) is 1.95. The van der Waals surface area contributed by atoms with Crippen LogP contribution in [0.1, 0.15) is 46.5 Å². The second kappa shape index (κ2) is 6.07. The molecular weight excluding hydrogens is 262 g/mol. The standard InChI is InChI=1S/C13H21N3O4/c1-12(2,3)20-11(17)15-9-6-13(7-10-15,16(18)19)5-4-8-14/h4-7,9-10H2,1-3H3. The van der Waals surface area contributed by atoms with Crippen LogP contribution >= 0.6 is 0 Å². The molecule has 1 saturated heterocycles. The van der Waals surface area contributed by atoms with Crippen LogP contribution in [0.15, 0.2) is 0 Å². The monoisotopic (exact) mass is 283 g/mol. The summed E-state index contributed by atoms with van der Waals surface area (Å²) in [4.78, 5) is 24.3. The molecule has 0 aliphatic carbocycles. The molecule has 0 atom stereocenters. The van der Waals surface area contributed by atoms with Crippen molar-refractivity contribution in [3.8, 4) is 6.07 Å². The van der Waals surface area contributed by atoms with Crippen molar-refractivity contribution >= 4 is 6.09 Å². The highest BCUT2D eigenvalue weighted by Crippen LogP contribution is 2.30. The summed E-state index contributed by atoms with van der Waals surface area (Å²) in [5.41, 5.74) is -1.65. The molecule has 1 fully saturated rings. The van der Waals surface area contributed by atoms with Crippen LogP contribution in [0.3, 0.4) is 0 Å². The van der Waals surface area contributed by atoms with Gasteiger partial charge in [0.05, 0.1) is 6.07 Å². The van der Waals surface area contributed by atoms with Crippen molar-refractivity contribution in [1.29, 1.82) is 5.26 Å². The summed E-state index contributed by atoms with van der Waals surface area (Å²) in [6.45, 7) is 5.93. The molecule has 0 saturated carbocycles. The van der Waals surface area contributed by atoms with Crippen LogP contribution in [0.5, 0.6) is 0 Å². The highest BCUT2D eigenvalue weighted by atomic mass is 16.6. The first-order valence-electron chi connectivity index (χ1n) is 6.70. The maximum absolute atomic E-state index is 11.9. The van der Waals surface area contributed by atoms with Gasteiger partial charge in [0.1, 0.15) is 5.60 Å². The summed E-state index contributed by atoms with van der Waals surface area (Å²) in [5.74, 6) is 0. The van der Waals surface area contributed by atoms with E-state index >= 15 is 0 Å². The van der Waals surface area contributed by atoms with E-state index in [2.05, 4.69) is 0 Å². The average molecular weight is 283 g/mol. The van der Waals surface area contributed by atoms with Crippen LogP contribution in [0.2, 0.25) is 0 Å². The Morgan fingerprint density at radius 3 is 2.40 bits per heavy atom. The minimum absolute atomic E-state index is 0.160. The number of likely N-dealkylation sites (tertiary alicyclic amines) is 1. The SMILES string of the molecule is CC(C)(C)OC(=O)N1CCC(CCC#N)([N+](=O)[O-])CC1. The number of amides is 1. The van der Waals surface area contributed by atoms with Gasteiger partial charge >= 0.3 is 6.09 Å². The number of hydrogen-bond acceptors (Lipinski definition) is 5. The van der Waals surface area contributed by atoms with Crippen molar-refractivity contribution in [2.24, 2.45) is 0 Å². The second-order valence-corrected chi connectivity index (χ2v) is 6.11. The Balaban J connectivity index is 2.63. The van der Waals surface area contributed by atoms with E-state index in [9.17, 15) is 14.9 Å². The first-order valence-corrected chi connectivity index (χ1v) is 6.70. The zero-order chi connectivity index (χ0) is 15.4. The molecule has 1 amide bonds. The number of rotatable bonds is 3. The second-order valence-electron chi connectivity index (χ2n) is 6.11. The molecule has 0 radical (unpaired) electrons. The lowest BCUT2D eigenvalue weighted by Gasteiger charge is -2.36. The van der Waals surface area contributed by atoms with Crippen molar-refractivity contribution in [2.75, 3.05) is 13.1 Å². The summed E-state index contributed by atoms with van der Waals surface area (Å²) in [6.07, 6.45) is 0.489. The Bertz CT molecular complexity index is 414. The van der Waals surface area contributed by atoms with Crippen molar-refractivity contribution in [3.63, 3.8) is 0 Å². The van der Waals surface area contributed by atoms with E-state index < -0.39 is 17.2 Å². The highest BCUT2D eigenvalue weighted by molar-refractivity contribution is 5.68. The zero-order valence-electron chi connectivity index (χ0n) is 12.2. The number of nitro groups is 1. The van der Waals surface area contributed by atoms with Gasteiger partial charge in [-0.2, -0.15) is 5.26 Å². The summed E-state index contributed by atoms with van der Waals surface area (Å²) in [7, 11) is 0. The summed E-state index contributed by atoms with van der Waals surface area (Å²) >= 11 is 0. The molecule has 112 valence electrons. The molecule has 1 aliphatic rings. The molecule has 0 aromatic heterocycles. The van der Waals surface area contributed by atoms with Gasteiger partial charge in [-0.15, -0.1) is 0 Å². The lowest BCUT2D eigenvalue weighted by molar-refractivity contribution is -0.576. The first-order chi connectivity index (χ1) is 9.20. The van der Waals surface area contributed by atoms with E-state index in [0.717, 1.165) is 0 Å². The maximum Gasteiger partial charge on any atom is 0.410 e. The van der Waals surface area contributed by atoms with Gasteiger partial charge in [0.15, 0.2) is 0 Å². The Labute approximate surface area is 118 Å². The lowest BCUT2D eigenvalue weighted by Crippen LogP contribution is -2.51. The van der Waals surface area contributed by atoms with E-state index in [1.165, 1.54) is 4.90 Å². The zero-order valence-corrected chi connectivity index (χ0v) is 12.2. The predicted molar refractivity (Wildman–Crippen MR) is 71.6 cm³/mol. The van der Waals surface area contributed by atoms with Crippen molar-refractivity contribution in [1.82, 2.24) is 4.90 Å². The largest absolute Gasteiger partial charge is 0.444 e. The molecule has 1 rings (SSSR count). The normalized spacial score (nSPS) is 18.2. The lowest BCUT2D eigenvalue weighted by atomic mass is 9.84. The van der Waals surface area contributed by atoms with Gasteiger partial charge < -0.3 is 9.64 Å². The van der Waals surface area contributed by atoms with Crippen LogP contribution in [0.4, 0.5) is 4.79 Å². The molecule has 20 heavy (non-hydrogen) atoms. The van der Waals surface area contributed by atoms with Crippen LogP contribution < -0.4 is 0 Å². The van der Waals surface area contributed by atoms with E-state index in [4.69, 9.17) is 10.00 Å². The van der Waals surface area contributed by atoms with E-state index in [-0.39, 0.29) is 30.6 Å². The fourth-order valence-corrected chi connectivity index (χ4v) is 2.24. The van der Waals surface area contributed by atoms with E-state index in [0.29, 0.717) is 13.1 Å². The molecular formula is C13H21N3O4. The van der Waals surface area contributed by atoms with Crippen LogP contribution in [0.25, 0.3) is 0 Å². The number of piperidine rings is 1. The Morgan fingerprint density at radius 1 is 1.45 bits per heavy atom. The molecule has 0 unspecified atom stereocenters. The van der Waals surface area contributed by atoms with Gasteiger partial charge in [0, 0.05) is 43.7 Å². The van der Waals surface area contributed by atoms with Gasteiger partial charge in [-0.3, -0.25) is 10.1 Å². The molecule has 7 nitrogen and oxygen atoms in total. The third-order valence-electron chi connectivity index (χ3n) is 3.44. The third kappa shape index (κ3) is 4.08. The maximum atomic E-state index is 11.9. The molecule has 0 aromatic carbocycles. The highest BCUT2D eigenvalue weighted by Gasteiger charge is 2.46. The Hall–Kier alpha value is -1.84. The average Bonchev–Trinajstić information content (AvgIpc) is 2.34. The smallest absolute Gasteiger partial charge is 0.410 e. The minimum atomic E-state index is -1.08. The molecule has 0 aromatic rings. The Kier molecular flexibility index (Phi) is 4.93. The summed E-state index contributed by atoms with van der Waals surface area (Å²) < 4.78 is 5.25. The minimum Gasteiger partial charge on any atom is -0.444 e. The summed E-state index contributed by atoms with van der Waals surface area (Å²) in [5, 5.41) is 19.9. The third-order valence-corrected chi connectivity index (χ3v) is 3.44. The van der Waals surface area contributed by atoms with Gasteiger partial charge in [-0.05, 0) is 20.8 Å². The molecule has 0 spiro atoms. The van der Waals surface area contributed by atoms with Crippen LogP contribution in [-0.2, 0) is 4.74 Å². The van der Waals surface area contributed by atoms with E-state index in [1.807, 2.05) is 6.07 Å². The number of ether oxygens (including phenoxy) is 1. The first kappa shape index (κ1) is 16.2. The van der Waals surface area contributed by atoms with Crippen LogP contribution in [0, 0.1) is 21.4 Å². The molecule has 1 aliphatic heterocycles. The molecule has 1 heterocycles.